The molecule has 5 N–H and O–H groups in total. The minimum absolute atomic E-state index is 0.0737. The van der Waals surface area contributed by atoms with Crippen LogP contribution >= 0.6 is 0 Å². The van der Waals surface area contributed by atoms with Crippen molar-refractivity contribution in [1.29, 1.82) is 0 Å². The van der Waals surface area contributed by atoms with Crippen molar-refractivity contribution in [2.24, 2.45) is 0 Å². The highest BCUT2D eigenvalue weighted by Crippen LogP contribution is 2.40. The highest BCUT2D eigenvalue weighted by molar-refractivity contribution is 5.95. The first-order valence-corrected chi connectivity index (χ1v) is 13.0. The molecule has 0 saturated heterocycles. The van der Waals surface area contributed by atoms with Crippen LogP contribution in [0.4, 0.5) is 0 Å². The standard InChI is InChI=1S/C32H26N4O5/c1-17-7-11-19(12-8-17)28-26(30(37)35-33-28)25(27-29(34-36-31(27)38)20-13-9-18(2)10-14-20)24-16-15-23(41-24)21-5-3-4-6-22(21)32(39)40/h3-16,25H,1-2H3,(H,39,40)(H2,33,35,37)(H2,34,36,38). The molecule has 0 saturated carbocycles. The fourth-order valence-electron chi connectivity index (χ4n) is 5.15. The third-order valence-electron chi connectivity index (χ3n) is 7.22. The number of H-pyrrole nitrogens is 4. The molecule has 0 aliphatic heterocycles. The SMILES string of the molecule is Cc1ccc(-c2[nH][nH]c(=O)c2C(c2ccc(-c3ccccc3C(=O)O)o2)c2c(-c3ccc(C)cc3)[nH][nH]c2=O)cc1. The quantitative estimate of drug-likeness (QED) is 0.171. The maximum absolute atomic E-state index is 13.5. The third-order valence-corrected chi connectivity index (χ3v) is 7.22. The summed E-state index contributed by atoms with van der Waals surface area (Å²) in [5.74, 6) is -1.44. The first-order valence-electron chi connectivity index (χ1n) is 13.0. The number of hydrogen-bond acceptors (Lipinski definition) is 4. The molecule has 6 rings (SSSR count). The van der Waals surface area contributed by atoms with Gasteiger partial charge in [0.15, 0.2) is 0 Å². The molecule has 0 bridgehead atoms. The number of rotatable bonds is 7. The lowest BCUT2D eigenvalue weighted by Crippen LogP contribution is -2.19. The maximum atomic E-state index is 13.5. The molecule has 0 fully saturated rings. The third kappa shape index (κ3) is 4.63. The highest BCUT2D eigenvalue weighted by Gasteiger charge is 2.33. The number of carboxylic acid groups (broad SMARTS) is 1. The van der Waals surface area contributed by atoms with Crippen LogP contribution in [0.5, 0.6) is 0 Å². The Morgan fingerprint density at radius 2 is 1.20 bits per heavy atom. The van der Waals surface area contributed by atoms with Crippen molar-refractivity contribution in [3.63, 3.8) is 0 Å². The first-order chi connectivity index (χ1) is 19.8. The molecule has 0 spiro atoms. The van der Waals surface area contributed by atoms with Gasteiger partial charge in [-0.15, -0.1) is 0 Å². The molecule has 0 radical (unpaired) electrons. The summed E-state index contributed by atoms with van der Waals surface area (Å²) < 4.78 is 6.30. The van der Waals surface area contributed by atoms with Crippen molar-refractivity contribution in [2.45, 2.75) is 19.8 Å². The molecule has 41 heavy (non-hydrogen) atoms. The molecule has 0 amide bonds. The van der Waals surface area contributed by atoms with Crippen molar-refractivity contribution in [3.05, 3.63) is 139 Å². The van der Waals surface area contributed by atoms with Crippen LogP contribution in [0.3, 0.4) is 0 Å². The van der Waals surface area contributed by atoms with Gasteiger partial charge in [-0.3, -0.25) is 30.0 Å². The van der Waals surface area contributed by atoms with Crippen LogP contribution in [0, 0.1) is 13.8 Å². The molecular weight excluding hydrogens is 520 g/mol. The Hall–Kier alpha value is -5.57. The van der Waals surface area contributed by atoms with E-state index in [4.69, 9.17) is 4.42 Å². The second-order valence-electron chi connectivity index (χ2n) is 9.95. The minimum Gasteiger partial charge on any atom is -0.478 e. The zero-order chi connectivity index (χ0) is 28.7. The Kier molecular flexibility index (Phi) is 6.39. The Morgan fingerprint density at radius 3 is 1.71 bits per heavy atom. The minimum atomic E-state index is -1.09. The zero-order valence-electron chi connectivity index (χ0n) is 22.2. The van der Waals surface area contributed by atoms with Crippen LogP contribution in [0.1, 0.15) is 44.3 Å². The largest absolute Gasteiger partial charge is 0.478 e. The Balaban J connectivity index is 1.61. The van der Waals surface area contributed by atoms with Gasteiger partial charge in [-0.05, 0) is 43.2 Å². The van der Waals surface area contributed by atoms with Crippen molar-refractivity contribution in [2.75, 3.05) is 0 Å². The molecule has 0 unspecified atom stereocenters. The van der Waals surface area contributed by atoms with Crippen LogP contribution in [0.25, 0.3) is 33.8 Å². The summed E-state index contributed by atoms with van der Waals surface area (Å²) in [5.41, 5.74) is 4.86. The van der Waals surface area contributed by atoms with Gasteiger partial charge >= 0.3 is 5.97 Å². The lowest BCUT2D eigenvalue weighted by molar-refractivity contribution is 0.0697. The van der Waals surface area contributed by atoms with Crippen LogP contribution in [0.2, 0.25) is 0 Å². The Labute approximate surface area is 233 Å². The maximum Gasteiger partial charge on any atom is 0.336 e. The molecule has 0 atom stereocenters. The number of carbonyl (C=O) groups is 1. The van der Waals surface area contributed by atoms with E-state index in [1.807, 2.05) is 62.4 Å². The van der Waals surface area contributed by atoms with Gasteiger partial charge in [-0.1, -0.05) is 77.9 Å². The van der Waals surface area contributed by atoms with E-state index in [-0.39, 0.29) is 5.56 Å². The predicted octanol–water partition coefficient (Wildman–Crippen LogP) is 5.81. The van der Waals surface area contributed by atoms with E-state index in [2.05, 4.69) is 20.4 Å². The van der Waals surface area contributed by atoms with Gasteiger partial charge in [0, 0.05) is 5.56 Å². The highest BCUT2D eigenvalue weighted by atomic mass is 16.4. The topological polar surface area (TPSA) is 148 Å². The lowest BCUT2D eigenvalue weighted by Gasteiger charge is -2.15. The zero-order valence-corrected chi connectivity index (χ0v) is 22.2. The second-order valence-corrected chi connectivity index (χ2v) is 9.95. The molecule has 0 aliphatic carbocycles. The van der Waals surface area contributed by atoms with E-state index in [9.17, 15) is 19.5 Å². The van der Waals surface area contributed by atoms with Gasteiger partial charge in [-0.2, -0.15) is 0 Å². The number of aromatic carboxylic acids is 1. The summed E-state index contributed by atoms with van der Waals surface area (Å²) in [7, 11) is 0. The lowest BCUT2D eigenvalue weighted by atomic mass is 9.86. The summed E-state index contributed by atoms with van der Waals surface area (Å²) in [5, 5.41) is 21.1. The summed E-state index contributed by atoms with van der Waals surface area (Å²) in [4.78, 5) is 38.9. The molecule has 3 aromatic carbocycles. The number of nitrogens with one attached hydrogen (secondary N) is 4. The van der Waals surface area contributed by atoms with Gasteiger partial charge in [0.2, 0.25) is 0 Å². The fraction of sp³-hybridized carbons (Fsp3) is 0.0938. The average molecular weight is 547 g/mol. The number of furan rings is 1. The van der Waals surface area contributed by atoms with Gasteiger partial charge in [-0.25, -0.2) is 4.79 Å². The first kappa shape index (κ1) is 25.7. The fourth-order valence-corrected chi connectivity index (χ4v) is 5.15. The van der Waals surface area contributed by atoms with E-state index in [0.29, 0.717) is 39.6 Å². The van der Waals surface area contributed by atoms with Crippen LogP contribution in [0.15, 0.2) is 98.9 Å². The van der Waals surface area contributed by atoms with Gasteiger partial charge in [0.1, 0.15) is 11.5 Å². The van der Waals surface area contributed by atoms with Crippen LogP contribution in [-0.4, -0.2) is 31.5 Å². The average Bonchev–Trinajstić information content (AvgIpc) is 3.70. The number of aromatic nitrogens is 4. The van der Waals surface area contributed by atoms with E-state index in [0.717, 1.165) is 22.3 Å². The van der Waals surface area contributed by atoms with Crippen LogP contribution in [-0.2, 0) is 0 Å². The van der Waals surface area contributed by atoms with E-state index in [1.165, 1.54) is 6.07 Å². The summed E-state index contributed by atoms with van der Waals surface area (Å²) in [6.45, 7) is 3.94. The van der Waals surface area contributed by atoms with Gasteiger partial charge in [0.05, 0.1) is 34.0 Å². The molecule has 9 nitrogen and oxygen atoms in total. The normalized spacial score (nSPS) is 11.3. The Morgan fingerprint density at radius 1 is 0.683 bits per heavy atom. The van der Waals surface area contributed by atoms with Crippen molar-refractivity contribution >= 4 is 5.97 Å². The van der Waals surface area contributed by atoms with E-state index < -0.39 is 23.0 Å². The molecule has 204 valence electrons. The smallest absolute Gasteiger partial charge is 0.336 e. The number of aryl methyl sites for hydroxylation is 2. The number of hydrogen-bond donors (Lipinski definition) is 5. The summed E-state index contributed by atoms with van der Waals surface area (Å²) >= 11 is 0. The van der Waals surface area contributed by atoms with Gasteiger partial charge < -0.3 is 9.52 Å². The molecule has 3 heterocycles. The van der Waals surface area contributed by atoms with Crippen molar-refractivity contribution in [1.82, 2.24) is 20.4 Å². The van der Waals surface area contributed by atoms with E-state index >= 15 is 0 Å². The van der Waals surface area contributed by atoms with E-state index in [1.54, 1.807) is 30.3 Å². The van der Waals surface area contributed by atoms with Gasteiger partial charge in [0.25, 0.3) is 11.1 Å². The Bertz CT molecular complexity index is 1890. The number of carboxylic acids is 1. The number of benzene rings is 3. The molecule has 3 aromatic heterocycles. The number of aromatic amines is 4. The van der Waals surface area contributed by atoms with Crippen molar-refractivity contribution < 1.29 is 14.3 Å². The summed E-state index contributed by atoms with van der Waals surface area (Å²) in [6.07, 6.45) is 0. The second kappa shape index (κ2) is 10.2. The monoisotopic (exact) mass is 546 g/mol. The van der Waals surface area contributed by atoms with Crippen molar-refractivity contribution in [3.8, 4) is 33.8 Å². The molecular formula is C32H26N4O5. The predicted molar refractivity (Wildman–Crippen MR) is 155 cm³/mol. The molecule has 9 heteroatoms. The molecule has 6 aromatic rings. The molecule has 0 aliphatic rings. The van der Waals surface area contributed by atoms with Crippen LogP contribution < -0.4 is 11.1 Å². The summed E-state index contributed by atoms with van der Waals surface area (Å²) in [6, 6.07) is 25.2.